The largest absolute Gasteiger partial charge is 0.449 e. The molecule has 2 aliphatic carbocycles. The third-order valence-corrected chi connectivity index (χ3v) is 14.4. The number of benzene rings is 1. The van der Waals surface area contributed by atoms with Gasteiger partial charge in [-0.15, -0.1) is 0 Å². The van der Waals surface area contributed by atoms with Crippen LogP contribution in [0.1, 0.15) is 127 Å². The van der Waals surface area contributed by atoms with Gasteiger partial charge in [0.05, 0.1) is 18.4 Å². The van der Waals surface area contributed by atoms with Gasteiger partial charge in [-0.1, -0.05) is 77.0 Å². The first-order valence-corrected chi connectivity index (χ1v) is 22.0. The van der Waals surface area contributed by atoms with Crippen molar-refractivity contribution in [2.24, 2.45) is 11.3 Å². The summed E-state index contributed by atoms with van der Waals surface area (Å²) < 4.78 is 39.7. The quantitative estimate of drug-likeness (QED) is 0.396. The first-order chi connectivity index (χ1) is 26.2. The van der Waals surface area contributed by atoms with Crippen molar-refractivity contribution in [2.75, 3.05) is 13.2 Å². The van der Waals surface area contributed by atoms with Gasteiger partial charge in [-0.25, -0.2) is 18.0 Å². The Kier molecular flexibility index (Phi) is 11.4. The van der Waals surface area contributed by atoms with Crippen LogP contribution in [-0.4, -0.2) is 90.3 Å². The Morgan fingerprint density at radius 2 is 1.64 bits per heavy atom. The van der Waals surface area contributed by atoms with E-state index in [1.807, 2.05) is 12.1 Å². The number of amides is 5. The normalized spacial score (nSPS) is 31.0. The van der Waals surface area contributed by atoms with E-state index in [2.05, 4.69) is 35.3 Å². The van der Waals surface area contributed by atoms with Gasteiger partial charge in [0.15, 0.2) is 0 Å². The molecular weight excluding hydrogens is 727 g/mol. The number of cyclic esters (lactones) is 1. The second-order valence-electron chi connectivity index (χ2n) is 17.5. The number of hydrogen-bond donors (Lipinski definition) is 3. The number of nitrogens with zero attached hydrogens (tertiary/aromatic N) is 2. The van der Waals surface area contributed by atoms with E-state index < -0.39 is 68.9 Å². The van der Waals surface area contributed by atoms with E-state index >= 15 is 0 Å². The molecule has 1 aromatic rings. The van der Waals surface area contributed by atoms with Crippen molar-refractivity contribution < 1.29 is 41.9 Å². The number of carbonyl (C=O) groups excluding carboxylic acids is 5. The van der Waals surface area contributed by atoms with Gasteiger partial charge in [-0.3, -0.25) is 24.0 Å². The minimum atomic E-state index is -3.87. The highest BCUT2D eigenvalue weighted by molar-refractivity contribution is 7.91. The predicted molar refractivity (Wildman–Crippen MR) is 202 cm³/mol. The van der Waals surface area contributed by atoms with Crippen LogP contribution < -0.4 is 15.4 Å². The SMILES string of the molecule is CC1(C)CCCCCc2cccc3c2CN(C3)C(=O)O[C@@H]2C[C@H]3C(=O)N[C@]4(C(=O)NS(=O)(=O)C5CC5)C[C@@H]4CCCCCCC[C@H](NC(=O)OC1)C(=O)N3C2. The molecule has 5 amide bonds. The molecule has 2 saturated heterocycles. The molecule has 5 bridgehead atoms. The molecule has 4 fully saturated rings. The molecule has 0 aromatic heterocycles. The molecule has 1 aromatic carbocycles. The van der Waals surface area contributed by atoms with Crippen LogP contribution in [0.2, 0.25) is 0 Å². The monoisotopic (exact) mass is 783 g/mol. The average molecular weight is 784 g/mol. The van der Waals surface area contributed by atoms with Crippen molar-refractivity contribution in [3.63, 3.8) is 0 Å². The molecule has 14 nitrogen and oxygen atoms in total. The predicted octanol–water partition coefficient (Wildman–Crippen LogP) is 4.57. The third-order valence-electron chi connectivity index (χ3n) is 12.5. The highest BCUT2D eigenvalue weighted by Gasteiger charge is 2.62. The number of hydrogen-bond acceptors (Lipinski definition) is 9. The lowest BCUT2D eigenvalue weighted by atomic mass is 9.87. The molecule has 2 saturated carbocycles. The van der Waals surface area contributed by atoms with E-state index in [4.69, 9.17) is 9.47 Å². The zero-order valence-electron chi connectivity index (χ0n) is 32.2. The van der Waals surface area contributed by atoms with E-state index in [-0.39, 0.29) is 37.3 Å². The summed E-state index contributed by atoms with van der Waals surface area (Å²) >= 11 is 0. The lowest BCUT2D eigenvalue weighted by molar-refractivity contribution is -0.141. The minimum absolute atomic E-state index is 0.0244. The summed E-state index contributed by atoms with van der Waals surface area (Å²) in [5, 5.41) is 5.09. The lowest BCUT2D eigenvalue weighted by Crippen LogP contribution is -2.58. The maximum absolute atomic E-state index is 14.5. The van der Waals surface area contributed by atoms with Gasteiger partial charge in [0.2, 0.25) is 21.8 Å². The van der Waals surface area contributed by atoms with Crippen LogP contribution in [-0.2, 0) is 53.4 Å². The Bertz CT molecular complexity index is 1780. The fourth-order valence-electron chi connectivity index (χ4n) is 8.94. The van der Waals surface area contributed by atoms with Crippen molar-refractivity contribution in [3.8, 4) is 0 Å². The first-order valence-electron chi connectivity index (χ1n) is 20.4. The third kappa shape index (κ3) is 9.07. The van der Waals surface area contributed by atoms with Crippen LogP contribution in [0.25, 0.3) is 0 Å². The van der Waals surface area contributed by atoms with Gasteiger partial charge in [0.1, 0.15) is 23.7 Å². The van der Waals surface area contributed by atoms with Gasteiger partial charge >= 0.3 is 12.2 Å². The number of aryl methyl sites for hydroxylation is 1. The first kappa shape index (κ1) is 39.4. The molecule has 4 aliphatic heterocycles. The van der Waals surface area contributed by atoms with Crippen LogP contribution in [0.4, 0.5) is 9.59 Å². The summed E-state index contributed by atoms with van der Waals surface area (Å²) in [6.07, 6.45) is 8.80. The molecule has 0 unspecified atom stereocenters. The van der Waals surface area contributed by atoms with Crippen LogP contribution in [0, 0.1) is 11.3 Å². The number of alkyl carbamates (subject to hydrolysis) is 1. The zero-order valence-corrected chi connectivity index (χ0v) is 33.1. The van der Waals surface area contributed by atoms with Crippen molar-refractivity contribution in [1.29, 1.82) is 0 Å². The van der Waals surface area contributed by atoms with Crippen molar-refractivity contribution >= 4 is 39.9 Å². The topological polar surface area (TPSA) is 181 Å². The molecule has 7 rings (SSSR count). The van der Waals surface area contributed by atoms with Crippen LogP contribution in [0.15, 0.2) is 18.2 Å². The second kappa shape index (κ2) is 15.9. The molecule has 6 aliphatic rings. The van der Waals surface area contributed by atoms with Crippen LogP contribution >= 0.6 is 0 Å². The Morgan fingerprint density at radius 3 is 2.42 bits per heavy atom. The average Bonchev–Trinajstić information content (AvgIpc) is 4.02. The Balaban J connectivity index is 1.16. The highest BCUT2D eigenvalue weighted by Crippen LogP contribution is 2.48. The summed E-state index contributed by atoms with van der Waals surface area (Å²) in [6.45, 7) is 5.02. The molecular formula is C40H57N5O9S. The fraction of sp³-hybridized carbons (Fsp3) is 0.725. The van der Waals surface area contributed by atoms with Crippen molar-refractivity contribution in [3.05, 3.63) is 34.9 Å². The number of carbonyl (C=O) groups is 5. The molecule has 4 heterocycles. The van der Waals surface area contributed by atoms with Gasteiger partial charge in [-0.2, -0.15) is 0 Å². The molecule has 302 valence electrons. The van der Waals surface area contributed by atoms with Crippen molar-refractivity contribution in [1.82, 2.24) is 25.2 Å². The summed E-state index contributed by atoms with van der Waals surface area (Å²) in [5.41, 5.74) is 1.71. The molecule has 0 spiro atoms. The number of fused-ring (bicyclic) bond motifs is 4. The van der Waals surface area contributed by atoms with Gasteiger partial charge in [-0.05, 0) is 79.4 Å². The van der Waals surface area contributed by atoms with E-state index in [1.54, 1.807) is 4.90 Å². The molecule has 15 heteroatoms. The molecule has 0 radical (unpaired) electrons. The summed E-state index contributed by atoms with van der Waals surface area (Å²) in [4.78, 5) is 72.6. The van der Waals surface area contributed by atoms with E-state index in [9.17, 15) is 32.4 Å². The van der Waals surface area contributed by atoms with Crippen LogP contribution in [0.3, 0.4) is 0 Å². The maximum atomic E-state index is 14.5. The Morgan fingerprint density at radius 1 is 0.909 bits per heavy atom. The number of nitrogens with one attached hydrogen (secondary N) is 3. The van der Waals surface area contributed by atoms with Gasteiger partial charge < -0.3 is 25.0 Å². The van der Waals surface area contributed by atoms with E-state index in [0.717, 1.165) is 68.9 Å². The van der Waals surface area contributed by atoms with E-state index in [1.165, 1.54) is 10.5 Å². The van der Waals surface area contributed by atoms with E-state index in [0.29, 0.717) is 45.2 Å². The van der Waals surface area contributed by atoms with Gasteiger partial charge in [0.25, 0.3) is 5.91 Å². The fourth-order valence-corrected chi connectivity index (χ4v) is 10.3. The van der Waals surface area contributed by atoms with Crippen LogP contribution in [0.5, 0.6) is 0 Å². The number of ether oxygens (including phenoxy) is 2. The van der Waals surface area contributed by atoms with Crippen molar-refractivity contribution in [2.45, 2.75) is 159 Å². The summed E-state index contributed by atoms with van der Waals surface area (Å²) in [5.74, 6) is -2.14. The second-order valence-corrected chi connectivity index (χ2v) is 19.5. The lowest BCUT2D eigenvalue weighted by Gasteiger charge is -2.30. The number of rotatable bonds is 3. The summed E-state index contributed by atoms with van der Waals surface area (Å²) in [6, 6.07) is 4.03. The smallest absolute Gasteiger partial charge is 0.410 e. The molecule has 5 atom stereocenters. The zero-order chi connectivity index (χ0) is 39.0. The van der Waals surface area contributed by atoms with Gasteiger partial charge in [0, 0.05) is 19.5 Å². The maximum Gasteiger partial charge on any atom is 0.410 e. The number of sulfonamides is 1. The Labute approximate surface area is 324 Å². The highest BCUT2D eigenvalue weighted by atomic mass is 32.2. The molecule has 55 heavy (non-hydrogen) atoms. The molecule has 3 N–H and O–H groups in total. The minimum Gasteiger partial charge on any atom is -0.449 e. The standard InChI is InChI=1S/C40H57N5O9S/c1-39(2)19-10-6-7-12-26-13-11-14-27-22-44(24-31(26)27)38(50)54-29-20-33-34(46)42-40(36(48)43-55(51,52)30-17-18-30)21-28(40)15-8-4-3-5-9-16-32(35(47)45(33)23-29)41-37(49)53-25-39/h11,13-14,28-30,32-33H,3-10,12,15-25H2,1-2H3,(H,41,49)(H,42,46)(H,43,48)/t28-,29+,32-,33-,40+/m0/s1. The summed E-state index contributed by atoms with van der Waals surface area (Å²) in [7, 11) is -3.87. The Hall–Kier alpha value is -3.88.